The van der Waals surface area contributed by atoms with Gasteiger partial charge >= 0.3 is 0 Å². The van der Waals surface area contributed by atoms with Crippen molar-refractivity contribution in [3.63, 3.8) is 0 Å². The van der Waals surface area contributed by atoms with Crippen molar-refractivity contribution in [3.05, 3.63) is 35.1 Å². The summed E-state index contributed by atoms with van der Waals surface area (Å²) in [4.78, 5) is 0. The normalized spacial score (nSPS) is 22.3. The van der Waals surface area contributed by atoms with Crippen LogP contribution in [0.3, 0.4) is 0 Å². The number of hydrogen-bond donors (Lipinski definition) is 2. The molecule has 0 saturated carbocycles. The van der Waals surface area contributed by atoms with Crippen molar-refractivity contribution in [1.29, 1.82) is 0 Å². The van der Waals surface area contributed by atoms with Gasteiger partial charge in [0.15, 0.2) is 0 Å². The zero-order valence-corrected chi connectivity index (χ0v) is 8.31. The molecule has 0 radical (unpaired) electrons. The van der Waals surface area contributed by atoms with Gasteiger partial charge in [0, 0.05) is 31.2 Å². The van der Waals surface area contributed by atoms with Gasteiger partial charge in [0.2, 0.25) is 0 Å². The molecule has 0 amide bonds. The van der Waals surface area contributed by atoms with E-state index in [4.69, 9.17) is 0 Å². The van der Waals surface area contributed by atoms with E-state index in [1.807, 2.05) is 13.0 Å². The van der Waals surface area contributed by atoms with Crippen molar-refractivity contribution in [1.82, 2.24) is 10.6 Å². The summed E-state index contributed by atoms with van der Waals surface area (Å²) in [6.45, 7) is 4.65. The Bertz CT molecular complexity index is 319. The smallest absolute Gasteiger partial charge is 0.128 e. The quantitative estimate of drug-likeness (QED) is 0.705. The number of piperazine rings is 1. The number of nitrogens with one attached hydrogen (secondary N) is 2. The number of hydrogen-bond acceptors (Lipinski definition) is 2. The zero-order chi connectivity index (χ0) is 9.97. The van der Waals surface area contributed by atoms with Crippen LogP contribution in [0.1, 0.15) is 17.2 Å². The van der Waals surface area contributed by atoms with Gasteiger partial charge in [0.1, 0.15) is 5.82 Å². The summed E-state index contributed by atoms with van der Waals surface area (Å²) in [5.74, 6) is -0.114. The Morgan fingerprint density at radius 2 is 2.21 bits per heavy atom. The van der Waals surface area contributed by atoms with Crippen LogP contribution in [-0.4, -0.2) is 19.6 Å². The average Bonchev–Trinajstić information content (AvgIpc) is 2.23. The van der Waals surface area contributed by atoms with E-state index in [2.05, 4.69) is 10.6 Å². The molecule has 2 nitrogen and oxygen atoms in total. The van der Waals surface area contributed by atoms with Crippen molar-refractivity contribution < 1.29 is 4.39 Å². The van der Waals surface area contributed by atoms with Crippen molar-refractivity contribution in [2.45, 2.75) is 13.0 Å². The molecule has 3 heteroatoms. The molecule has 0 bridgehead atoms. The van der Waals surface area contributed by atoms with E-state index in [1.54, 1.807) is 12.1 Å². The summed E-state index contributed by atoms with van der Waals surface area (Å²) in [5, 5.41) is 6.55. The summed E-state index contributed by atoms with van der Waals surface area (Å²) < 4.78 is 13.5. The lowest BCUT2D eigenvalue weighted by Gasteiger charge is -2.25. The van der Waals surface area contributed by atoms with E-state index in [1.165, 1.54) is 0 Å². The second kappa shape index (κ2) is 4.07. The highest BCUT2D eigenvalue weighted by Gasteiger charge is 2.17. The van der Waals surface area contributed by atoms with Crippen molar-refractivity contribution in [3.8, 4) is 0 Å². The fraction of sp³-hybridized carbons (Fsp3) is 0.455. The predicted molar refractivity (Wildman–Crippen MR) is 54.8 cm³/mol. The van der Waals surface area contributed by atoms with Crippen LogP contribution in [0.5, 0.6) is 0 Å². The van der Waals surface area contributed by atoms with E-state index in [0.29, 0.717) is 0 Å². The highest BCUT2D eigenvalue weighted by Crippen LogP contribution is 2.18. The zero-order valence-electron chi connectivity index (χ0n) is 8.31. The third-order valence-corrected chi connectivity index (χ3v) is 2.57. The van der Waals surface area contributed by atoms with Gasteiger partial charge in [-0.2, -0.15) is 0 Å². The Kier molecular flexibility index (Phi) is 2.79. The van der Waals surface area contributed by atoms with E-state index in [0.717, 1.165) is 30.8 Å². The van der Waals surface area contributed by atoms with Gasteiger partial charge in [-0.05, 0) is 13.0 Å². The minimum absolute atomic E-state index is 0.114. The molecule has 1 fully saturated rings. The molecule has 14 heavy (non-hydrogen) atoms. The molecule has 0 aromatic heterocycles. The summed E-state index contributed by atoms with van der Waals surface area (Å²) >= 11 is 0. The topological polar surface area (TPSA) is 24.1 Å². The molecule has 2 rings (SSSR count). The number of halogens is 1. The maximum Gasteiger partial charge on any atom is 0.128 e. The summed E-state index contributed by atoms with van der Waals surface area (Å²) in [6.07, 6.45) is 0. The predicted octanol–water partition coefficient (Wildman–Crippen LogP) is 1.37. The Morgan fingerprint density at radius 3 is 2.93 bits per heavy atom. The van der Waals surface area contributed by atoms with Crippen molar-refractivity contribution in [2.24, 2.45) is 0 Å². The lowest BCUT2D eigenvalue weighted by atomic mass is 10.0. The molecule has 1 atom stereocenters. The molecule has 1 aliphatic heterocycles. The largest absolute Gasteiger partial charge is 0.314 e. The molecular formula is C11H15FN2. The first kappa shape index (κ1) is 9.62. The molecule has 0 spiro atoms. The highest BCUT2D eigenvalue weighted by molar-refractivity contribution is 5.27. The average molecular weight is 194 g/mol. The molecule has 1 aromatic rings. The first-order valence-corrected chi connectivity index (χ1v) is 4.97. The van der Waals surface area contributed by atoms with Gasteiger partial charge in [-0.1, -0.05) is 17.7 Å². The maximum absolute atomic E-state index is 13.5. The minimum atomic E-state index is -0.114. The fourth-order valence-electron chi connectivity index (χ4n) is 1.80. The second-order valence-electron chi connectivity index (χ2n) is 3.74. The monoisotopic (exact) mass is 194 g/mol. The Balaban J connectivity index is 2.24. The fourth-order valence-corrected chi connectivity index (χ4v) is 1.80. The van der Waals surface area contributed by atoms with Crippen LogP contribution in [0.2, 0.25) is 0 Å². The molecule has 1 aliphatic rings. The Hall–Kier alpha value is -0.930. The molecule has 2 N–H and O–H groups in total. The van der Waals surface area contributed by atoms with E-state index in [-0.39, 0.29) is 11.9 Å². The van der Waals surface area contributed by atoms with Crippen molar-refractivity contribution in [2.75, 3.05) is 19.6 Å². The van der Waals surface area contributed by atoms with Gasteiger partial charge in [-0.3, -0.25) is 0 Å². The van der Waals surface area contributed by atoms with Crippen LogP contribution >= 0.6 is 0 Å². The summed E-state index contributed by atoms with van der Waals surface area (Å²) in [5.41, 5.74) is 1.88. The number of aryl methyl sites for hydroxylation is 1. The van der Waals surface area contributed by atoms with Crippen LogP contribution in [-0.2, 0) is 0 Å². The SMILES string of the molecule is Cc1ccc(F)c([C@@H]2CNCCN2)c1. The third kappa shape index (κ3) is 1.94. The first-order chi connectivity index (χ1) is 6.77. The highest BCUT2D eigenvalue weighted by atomic mass is 19.1. The van der Waals surface area contributed by atoms with Crippen LogP contribution in [0.15, 0.2) is 18.2 Å². The van der Waals surface area contributed by atoms with E-state index >= 15 is 0 Å². The second-order valence-corrected chi connectivity index (χ2v) is 3.74. The molecule has 0 aliphatic carbocycles. The third-order valence-electron chi connectivity index (χ3n) is 2.57. The lowest BCUT2D eigenvalue weighted by molar-refractivity contribution is 0.416. The molecule has 76 valence electrons. The van der Waals surface area contributed by atoms with Gasteiger partial charge in [-0.25, -0.2) is 4.39 Å². The number of benzene rings is 1. The lowest BCUT2D eigenvalue weighted by Crippen LogP contribution is -2.42. The van der Waals surface area contributed by atoms with Crippen LogP contribution < -0.4 is 10.6 Å². The standard InChI is InChI=1S/C11H15FN2/c1-8-2-3-10(12)9(6-8)11-7-13-4-5-14-11/h2-3,6,11,13-14H,4-5,7H2,1H3/t11-/m0/s1. The summed E-state index contributed by atoms with van der Waals surface area (Å²) in [7, 11) is 0. The van der Waals surface area contributed by atoms with Gasteiger partial charge in [-0.15, -0.1) is 0 Å². The molecule has 0 unspecified atom stereocenters. The van der Waals surface area contributed by atoms with Gasteiger partial charge in [0.25, 0.3) is 0 Å². The maximum atomic E-state index is 13.5. The van der Waals surface area contributed by atoms with Crippen LogP contribution in [0.25, 0.3) is 0 Å². The van der Waals surface area contributed by atoms with Crippen molar-refractivity contribution >= 4 is 0 Å². The molecule has 1 saturated heterocycles. The van der Waals surface area contributed by atoms with E-state index in [9.17, 15) is 4.39 Å². The van der Waals surface area contributed by atoms with Crippen LogP contribution in [0.4, 0.5) is 4.39 Å². The van der Waals surface area contributed by atoms with Gasteiger partial charge in [0.05, 0.1) is 0 Å². The molecule has 1 heterocycles. The van der Waals surface area contributed by atoms with Crippen LogP contribution in [0, 0.1) is 12.7 Å². The molecule has 1 aromatic carbocycles. The van der Waals surface area contributed by atoms with Gasteiger partial charge < -0.3 is 10.6 Å². The first-order valence-electron chi connectivity index (χ1n) is 4.97. The number of rotatable bonds is 1. The summed E-state index contributed by atoms with van der Waals surface area (Å²) in [6, 6.07) is 5.37. The Morgan fingerprint density at radius 1 is 1.36 bits per heavy atom. The Labute approximate surface area is 83.5 Å². The minimum Gasteiger partial charge on any atom is -0.314 e. The molecular weight excluding hydrogens is 179 g/mol. The van der Waals surface area contributed by atoms with E-state index < -0.39 is 0 Å².